The number of anilines is 1. The molecule has 0 aliphatic carbocycles. The van der Waals surface area contributed by atoms with Gasteiger partial charge in [-0.1, -0.05) is 0 Å². The number of carbonyl (C=O) groups is 1. The van der Waals surface area contributed by atoms with E-state index in [0.717, 1.165) is 4.47 Å². The molecule has 1 aromatic rings. The molecule has 2 heterocycles. The second-order valence-corrected chi connectivity index (χ2v) is 5.25. The van der Waals surface area contributed by atoms with Crippen LogP contribution in [0, 0.1) is 11.3 Å². The lowest BCUT2D eigenvalue weighted by atomic mass is 10.1. The van der Waals surface area contributed by atoms with Gasteiger partial charge in [-0.2, -0.15) is 5.26 Å². The van der Waals surface area contributed by atoms with Crippen molar-refractivity contribution in [2.45, 2.75) is 12.5 Å². The molecule has 0 aromatic carbocycles. The number of pyridine rings is 1. The number of methoxy groups -OCH3 is 1. The number of rotatable bonds is 3. The molecule has 1 aliphatic heterocycles. The fraction of sp³-hybridized carbons (Fsp3) is 0.462. The molecule has 7 heteroatoms. The first-order chi connectivity index (χ1) is 9.65. The molecule has 1 unspecified atom stereocenters. The van der Waals surface area contributed by atoms with E-state index in [-0.39, 0.29) is 18.4 Å². The first kappa shape index (κ1) is 14.8. The number of nitrogens with zero attached hydrogens (tertiary/aromatic N) is 3. The molecule has 1 atom stereocenters. The van der Waals surface area contributed by atoms with Crippen LogP contribution in [-0.2, 0) is 14.3 Å². The first-order valence-electron chi connectivity index (χ1n) is 6.12. The van der Waals surface area contributed by atoms with Crippen LogP contribution in [0.2, 0.25) is 0 Å². The lowest BCUT2D eigenvalue weighted by Crippen LogP contribution is -2.47. The van der Waals surface area contributed by atoms with Crippen LogP contribution in [0.25, 0.3) is 0 Å². The monoisotopic (exact) mass is 339 g/mol. The molecule has 0 bridgehead atoms. The summed E-state index contributed by atoms with van der Waals surface area (Å²) in [4.78, 5) is 17.6. The summed E-state index contributed by atoms with van der Waals surface area (Å²) in [7, 11) is 1.36. The Hall–Kier alpha value is -1.65. The molecule has 0 amide bonds. The van der Waals surface area contributed by atoms with E-state index in [0.29, 0.717) is 31.1 Å². The number of aromatic nitrogens is 1. The minimum absolute atomic E-state index is 0.153. The fourth-order valence-electron chi connectivity index (χ4n) is 2.15. The van der Waals surface area contributed by atoms with E-state index in [1.165, 1.54) is 7.11 Å². The number of esters is 1. The van der Waals surface area contributed by atoms with Gasteiger partial charge in [-0.15, -0.1) is 0 Å². The highest BCUT2D eigenvalue weighted by Crippen LogP contribution is 2.27. The largest absolute Gasteiger partial charge is 0.469 e. The van der Waals surface area contributed by atoms with Gasteiger partial charge >= 0.3 is 5.97 Å². The minimum Gasteiger partial charge on any atom is -0.469 e. The predicted molar refractivity (Wildman–Crippen MR) is 75.2 cm³/mol. The van der Waals surface area contributed by atoms with Crippen LogP contribution < -0.4 is 4.90 Å². The van der Waals surface area contributed by atoms with Gasteiger partial charge in [0.1, 0.15) is 6.07 Å². The molecule has 1 aliphatic rings. The summed E-state index contributed by atoms with van der Waals surface area (Å²) in [5.74, 6) is -0.299. The maximum absolute atomic E-state index is 11.5. The highest BCUT2D eigenvalue weighted by Gasteiger charge is 2.28. The minimum atomic E-state index is -0.299. The Kier molecular flexibility index (Phi) is 4.93. The molecule has 6 nitrogen and oxygen atoms in total. The van der Waals surface area contributed by atoms with Crippen molar-refractivity contribution in [3.05, 3.63) is 22.4 Å². The highest BCUT2D eigenvalue weighted by atomic mass is 79.9. The zero-order valence-electron chi connectivity index (χ0n) is 11.0. The van der Waals surface area contributed by atoms with E-state index in [2.05, 4.69) is 27.0 Å². The van der Waals surface area contributed by atoms with E-state index in [1.54, 1.807) is 6.20 Å². The molecular weight excluding hydrogens is 326 g/mol. The van der Waals surface area contributed by atoms with Gasteiger partial charge in [0.05, 0.1) is 38.5 Å². The smallest absolute Gasteiger partial charge is 0.307 e. The molecule has 2 rings (SSSR count). The molecule has 1 fully saturated rings. The summed E-state index contributed by atoms with van der Waals surface area (Å²) in [5.41, 5.74) is 1.05. The third kappa shape index (κ3) is 3.26. The van der Waals surface area contributed by atoms with Gasteiger partial charge in [0.2, 0.25) is 0 Å². The van der Waals surface area contributed by atoms with Gasteiger partial charge < -0.3 is 14.4 Å². The van der Waals surface area contributed by atoms with E-state index in [1.807, 2.05) is 11.0 Å². The molecule has 1 aromatic heterocycles. The van der Waals surface area contributed by atoms with Gasteiger partial charge in [-0.3, -0.25) is 4.79 Å². The summed E-state index contributed by atoms with van der Waals surface area (Å²) in [6.45, 7) is 1.58. The molecule has 0 spiro atoms. The lowest BCUT2D eigenvalue weighted by Gasteiger charge is -2.37. The Morgan fingerprint density at radius 1 is 1.75 bits per heavy atom. The predicted octanol–water partition coefficient (Wildman–Crippen LogP) is 1.48. The van der Waals surface area contributed by atoms with E-state index in [9.17, 15) is 10.1 Å². The molecule has 20 heavy (non-hydrogen) atoms. The van der Waals surface area contributed by atoms with Gasteiger partial charge in [0, 0.05) is 17.2 Å². The average molecular weight is 340 g/mol. The molecule has 0 radical (unpaired) electrons. The van der Waals surface area contributed by atoms with Crippen molar-refractivity contribution >= 4 is 27.6 Å². The first-order valence-corrected chi connectivity index (χ1v) is 6.92. The van der Waals surface area contributed by atoms with Crippen molar-refractivity contribution in [3.63, 3.8) is 0 Å². The van der Waals surface area contributed by atoms with Crippen molar-refractivity contribution in [3.8, 4) is 6.07 Å². The van der Waals surface area contributed by atoms with Crippen LogP contribution >= 0.6 is 15.9 Å². The standard InChI is InChI=1S/C13H14BrN3O3/c1-19-13(18)5-10-8-20-3-2-17(10)12-4-9(14)7-16-11(12)6-15/h4,7,10H,2-3,5,8H2,1H3. The average Bonchev–Trinajstić information content (AvgIpc) is 2.47. The normalized spacial score (nSPS) is 18.4. The summed E-state index contributed by atoms with van der Waals surface area (Å²) < 4.78 is 10.9. The lowest BCUT2D eigenvalue weighted by molar-refractivity contribution is -0.141. The number of hydrogen-bond acceptors (Lipinski definition) is 6. The van der Waals surface area contributed by atoms with Crippen LogP contribution in [0.15, 0.2) is 16.7 Å². The molecule has 0 N–H and O–H groups in total. The van der Waals surface area contributed by atoms with Crippen LogP contribution in [-0.4, -0.2) is 43.9 Å². The Bertz CT molecular complexity index is 544. The van der Waals surface area contributed by atoms with Crippen LogP contribution in [0.5, 0.6) is 0 Å². The zero-order valence-corrected chi connectivity index (χ0v) is 12.6. The maximum atomic E-state index is 11.5. The molecule has 106 valence electrons. The SMILES string of the molecule is COC(=O)CC1COCCN1c1cc(Br)cnc1C#N. The third-order valence-electron chi connectivity index (χ3n) is 3.11. The van der Waals surface area contributed by atoms with Gasteiger partial charge in [-0.25, -0.2) is 4.98 Å². The summed E-state index contributed by atoms with van der Waals surface area (Å²) in [6, 6.07) is 3.76. The molecular formula is C13H14BrN3O3. The number of carbonyl (C=O) groups excluding carboxylic acids is 1. The fourth-order valence-corrected chi connectivity index (χ4v) is 2.47. The molecule has 1 saturated heterocycles. The van der Waals surface area contributed by atoms with Crippen LogP contribution in [0.1, 0.15) is 12.1 Å². The zero-order chi connectivity index (χ0) is 14.5. The van der Waals surface area contributed by atoms with Crippen molar-refractivity contribution < 1.29 is 14.3 Å². The number of halogens is 1. The third-order valence-corrected chi connectivity index (χ3v) is 3.54. The number of ether oxygens (including phenoxy) is 2. The quantitative estimate of drug-likeness (QED) is 0.776. The number of hydrogen-bond donors (Lipinski definition) is 0. The van der Waals surface area contributed by atoms with Crippen molar-refractivity contribution in [2.75, 3.05) is 31.8 Å². The van der Waals surface area contributed by atoms with Crippen LogP contribution in [0.3, 0.4) is 0 Å². The van der Waals surface area contributed by atoms with E-state index in [4.69, 9.17) is 9.47 Å². The van der Waals surface area contributed by atoms with Crippen molar-refractivity contribution in [1.29, 1.82) is 5.26 Å². The van der Waals surface area contributed by atoms with E-state index >= 15 is 0 Å². The van der Waals surface area contributed by atoms with E-state index < -0.39 is 0 Å². The maximum Gasteiger partial charge on any atom is 0.307 e. The van der Waals surface area contributed by atoms with Gasteiger partial charge in [0.25, 0.3) is 0 Å². The highest BCUT2D eigenvalue weighted by molar-refractivity contribution is 9.10. The van der Waals surface area contributed by atoms with Crippen molar-refractivity contribution in [1.82, 2.24) is 4.98 Å². The number of morpholine rings is 1. The summed E-state index contributed by atoms with van der Waals surface area (Å²) >= 11 is 3.36. The Balaban J connectivity index is 2.30. The summed E-state index contributed by atoms with van der Waals surface area (Å²) in [6.07, 6.45) is 1.80. The van der Waals surface area contributed by atoms with Gasteiger partial charge in [0.15, 0.2) is 5.69 Å². The van der Waals surface area contributed by atoms with Crippen molar-refractivity contribution in [2.24, 2.45) is 0 Å². The topological polar surface area (TPSA) is 75.5 Å². The second kappa shape index (κ2) is 6.68. The molecule has 0 saturated carbocycles. The summed E-state index contributed by atoms with van der Waals surface area (Å²) in [5, 5.41) is 9.18. The number of nitriles is 1. The second-order valence-electron chi connectivity index (χ2n) is 4.34. The Morgan fingerprint density at radius 2 is 2.55 bits per heavy atom. The Labute approximate surface area is 125 Å². The Morgan fingerprint density at radius 3 is 3.25 bits per heavy atom. The van der Waals surface area contributed by atoms with Crippen LogP contribution in [0.4, 0.5) is 5.69 Å². The van der Waals surface area contributed by atoms with Gasteiger partial charge in [-0.05, 0) is 22.0 Å².